The number of carbonyl (C=O) groups is 1. The number of benzene rings is 2. The molecule has 1 amide bonds. The summed E-state index contributed by atoms with van der Waals surface area (Å²) in [6.45, 7) is 0.767. The minimum absolute atomic E-state index is 0.124. The molecule has 0 aliphatic carbocycles. The molecular formula is C17H14N2O2. The number of oxazole rings is 1. The van der Waals surface area contributed by atoms with Crippen LogP contribution >= 0.6 is 0 Å². The van der Waals surface area contributed by atoms with Crippen LogP contribution in [0.15, 0.2) is 53.3 Å². The van der Waals surface area contributed by atoms with Gasteiger partial charge in [-0.05, 0) is 35.7 Å². The predicted molar refractivity (Wildman–Crippen MR) is 80.2 cm³/mol. The molecule has 3 aromatic rings. The Morgan fingerprint density at radius 2 is 2.14 bits per heavy atom. The van der Waals surface area contributed by atoms with Crippen molar-refractivity contribution in [2.24, 2.45) is 0 Å². The smallest absolute Gasteiger partial charge is 0.231 e. The third kappa shape index (κ3) is 2.09. The maximum Gasteiger partial charge on any atom is 0.231 e. The van der Waals surface area contributed by atoms with Crippen LogP contribution in [0.3, 0.4) is 0 Å². The number of hydrogen-bond donors (Lipinski definition) is 0. The van der Waals surface area contributed by atoms with Gasteiger partial charge in [-0.1, -0.05) is 24.3 Å². The van der Waals surface area contributed by atoms with Crippen LogP contribution in [-0.4, -0.2) is 17.4 Å². The normalized spacial score (nSPS) is 13.6. The zero-order valence-corrected chi connectivity index (χ0v) is 11.5. The second kappa shape index (κ2) is 4.74. The van der Waals surface area contributed by atoms with Crippen LogP contribution in [-0.2, 0) is 17.6 Å². The summed E-state index contributed by atoms with van der Waals surface area (Å²) in [7, 11) is 0. The Morgan fingerprint density at radius 3 is 3.10 bits per heavy atom. The molecule has 1 aliphatic heterocycles. The van der Waals surface area contributed by atoms with Gasteiger partial charge >= 0.3 is 0 Å². The third-order valence-electron chi connectivity index (χ3n) is 3.94. The molecule has 4 heteroatoms. The predicted octanol–water partition coefficient (Wildman–Crippen LogP) is 2.96. The number of aromatic nitrogens is 1. The number of carbonyl (C=O) groups excluding carboxylic acids is 1. The van der Waals surface area contributed by atoms with Crippen LogP contribution in [0, 0.1) is 0 Å². The van der Waals surface area contributed by atoms with Gasteiger partial charge in [0.15, 0.2) is 12.0 Å². The maximum absolute atomic E-state index is 12.5. The molecule has 0 radical (unpaired) electrons. The lowest BCUT2D eigenvalue weighted by atomic mass is 10.1. The highest BCUT2D eigenvalue weighted by Gasteiger charge is 2.24. The van der Waals surface area contributed by atoms with E-state index in [2.05, 4.69) is 11.1 Å². The van der Waals surface area contributed by atoms with Crippen LogP contribution in [0.4, 0.5) is 5.69 Å². The lowest BCUT2D eigenvalue weighted by molar-refractivity contribution is -0.117. The van der Waals surface area contributed by atoms with E-state index in [1.54, 1.807) is 0 Å². The van der Waals surface area contributed by atoms with Crippen LogP contribution in [0.2, 0.25) is 0 Å². The third-order valence-corrected chi connectivity index (χ3v) is 3.94. The van der Waals surface area contributed by atoms with Gasteiger partial charge in [0.1, 0.15) is 5.52 Å². The number of rotatable bonds is 2. The van der Waals surface area contributed by atoms with Crippen LogP contribution in [0.1, 0.15) is 11.1 Å². The fourth-order valence-corrected chi connectivity index (χ4v) is 2.88. The van der Waals surface area contributed by atoms with Crippen molar-refractivity contribution >= 4 is 22.7 Å². The highest BCUT2D eigenvalue weighted by atomic mass is 16.3. The molecule has 2 heterocycles. The molecule has 0 fully saturated rings. The van der Waals surface area contributed by atoms with E-state index in [0.29, 0.717) is 6.42 Å². The van der Waals surface area contributed by atoms with E-state index in [-0.39, 0.29) is 5.91 Å². The molecule has 1 aliphatic rings. The number of nitrogens with zero attached hydrogens (tertiary/aromatic N) is 2. The second-order valence-electron chi connectivity index (χ2n) is 5.26. The first-order valence-electron chi connectivity index (χ1n) is 7.02. The van der Waals surface area contributed by atoms with Crippen molar-refractivity contribution in [3.63, 3.8) is 0 Å². The van der Waals surface area contributed by atoms with Crippen molar-refractivity contribution in [3.8, 4) is 0 Å². The Morgan fingerprint density at radius 1 is 1.24 bits per heavy atom. The average Bonchev–Trinajstić information content (AvgIpc) is 3.13. The molecular weight excluding hydrogens is 264 g/mol. The first kappa shape index (κ1) is 12.1. The van der Waals surface area contributed by atoms with Gasteiger partial charge in [0, 0.05) is 12.2 Å². The Kier molecular flexibility index (Phi) is 2.74. The highest BCUT2D eigenvalue weighted by molar-refractivity contribution is 5.97. The van der Waals surface area contributed by atoms with E-state index in [0.717, 1.165) is 35.3 Å². The van der Waals surface area contributed by atoms with E-state index in [9.17, 15) is 4.79 Å². The quantitative estimate of drug-likeness (QED) is 0.724. The van der Waals surface area contributed by atoms with Gasteiger partial charge < -0.3 is 9.32 Å². The van der Waals surface area contributed by atoms with Crippen LogP contribution < -0.4 is 4.90 Å². The van der Waals surface area contributed by atoms with Gasteiger partial charge in [0.2, 0.25) is 5.91 Å². The molecule has 0 bridgehead atoms. The summed E-state index contributed by atoms with van der Waals surface area (Å²) in [5.41, 5.74) is 4.79. The average molecular weight is 278 g/mol. The van der Waals surface area contributed by atoms with Crippen molar-refractivity contribution < 1.29 is 9.21 Å². The summed E-state index contributed by atoms with van der Waals surface area (Å²) >= 11 is 0. The number of hydrogen-bond acceptors (Lipinski definition) is 3. The summed E-state index contributed by atoms with van der Waals surface area (Å²) in [5.74, 6) is 0.124. The van der Waals surface area contributed by atoms with Gasteiger partial charge in [-0.25, -0.2) is 4.98 Å². The molecule has 104 valence electrons. The molecule has 0 spiro atoms. The second-order valence-corrected chi connectivity index (χ2v) is 5.26. The SMILES string of the molecule is O=C(Cc1ccc2ncoc2c1)N1CCc2ccccc21. The van der Waals surface area contributed by atoms with Crippen molar-refractivity contribution in [2.75, 3.05) is 11.4 Å². The molecule has 1 aromatic heterocycles. The van der Waals surface area contributed by atoms with Crippen molar-refractivity contribution in [2.45, 2.75) is 12.8 Å². The maximum atomic E-state index is 12.5. The molecule has 4 rings (SSSR count). The van der Waals surface area contributed by atoms with Crippen molar-refractivity contribution in [3.05, 3.63) is 60.0 Å². The van der Waals surface area contributed by atoms with E-state index in [4.69, 9.17) is 4.42 Å². The highest BCUT2D eigenvalue weighted by Crippen LogP contribution is 2.28. The Hall–Kier alpha value is -2.62. The zero-order chi connectivity index (χ0) is 14.2. The zero-order valence-electron chi connectivity index (χ0n) is 11.5. The fourth-order valence-electron chi connectivity index (χ4n) is 2.88. The van der Waals surface area contributed by atoms with Gasteiger partial charge in [-0.3, -0.25) is 4.79 Å². The molecule has 0 atom stereocenters. The lowest BCUT2D eigenvalue weighted by Gasteiger charge is -2.17. The minimum Gasteiger partial charge on any atom is -0.443 e. The lowest BCUT2D eigenvalue weighted by Crippen LogP contribution is -2.30. The van der Waals surface area contributed by atoms with Crippen LogP contribution in [0.25, 0.3) is 11.1 Å². The Bertz CT molecular complexity index is 822. The van der Waals surface area contributed by atoms with Crippen molar-refractivity contribution in [1.29, 1.82) is 0 Å². The first-order valence-corrected chi connectivity index (χ1v) is 7.02. The number of anilines is 1. The van der Waals surface area contributed by atoms with E-state index in [1.165, 1.54) is 12.0 Å². The summed E-state index contributed by atoms with van der Waals surface area (Å²) in [6, 6.07) is 13.8. The Labute approximate surface area is 122 Å². The van der Waals surface area contributed by atoms with E-state index < -0.39 is 0 Å². The van der Waals surface area contributed by atoms with Gasteiger partial charge in [-0.15, -0.1) is 0 Å². The summed E-state index contributed by atoms with van der Waals surface area (Å²) in [4.78, 5) is 18.5. The van der Waals surface area contributed by atoms with Crippen LogP contribution in [0.5, 0.6) is 0 Å². The van der Waals surface area contributed by atoms with Gasteiger partial charge in [0.25, 0.3) is 0 Å². The molecule has 2 aromatic carbocycles. The van der Waals surface area contributed by atoms with Gasteiger partial charge in [0.05, 0.1) is 6.42 Å². The summed E-state index contributed by atoms with van der Waals surface area (Å²) in [6.07, 6.45) is 2.74. The standard InChI is InChI=1S/C17H14N2O2/c20-17(19-8-7-13-3-1-2-4-15(13)19)10-12-5-6-14-16(9-12)21-11-18-14/h1-6,9,11H,7-8,10H2. The van der Waals surface area contributed by atoms with Crippen molar-refractivity contribution in [1.82, 2.24) is 4.98 Å². The largest absolute Gasteiger partial charge is 0.443 e. The topological polar surface area (TPSA) is 46.3 Å². The molecule has 0 saturated carbocycles. The number of para-hydroxylation sites is 1. The van der Waals surface area contributed by atoms with E-state index >= 15 is 0 Å². The monoisotopic (exact) mass is 278 g/mol. The molecule has 0 N–H and O–H groups in total. The Balaban J connectivity index is 1.58. The van der Waals surface area contributed by atoms with E-state index in [1.807, 2.05) is 41.3 Å². The minimum atomic E-state index is 0.124. The van der Waals surface area contributed by atoms with Gasteiger partial charge in [-0.2, -0.15) is 0 Å². The molecule has 0 saturated heterocycles. The number of fused-ring (bicyclic) bond motifs is 2. The summed E-state index contributed by atoms with van der Waals surface area (Å²) < 4.78 is 5.29. The molecule has 4 nitrogen and oxygen atoms in total. The first-order chi connectivity index (χ1) is 10.3. The molecule has 0 unspecified atom stereocenters. The fraction of sp³-hybridized carbons (Fsp3) is 0.176. The molecule has 21 heavy (non-hydrogen) atoms. The number of amides is 1. The summed E-state index contributed by atoms with van der Waals surface area (Å²) in [5, 5.41) is 0.